The molecule has 2 aliphatic rings. The molecule has 1 unspecified atom stereocenters. The number of amides is 4. The number of nitrogens with zero attached hydrogens (tertiary/aromatic N) is 2. The summed E-state index contributed by atoms with van der Waals surface area (Å²) in [5.74, 6) is -5.15. The van der Waals surface area contributed by atoms with E-state index in [1.54, 1.807) is 38.3 Å². The number of carboxylic acid groups (broad SMARTS) is 1. The third-order valence-electron chi connectivity index (χ3n) is 13.0. The number of aryl methyl sites for hydroxylation is 1. The first-order chi connectivity index (χ1) is 35.0. The molecule has 74 heavy (non-hydrogen) atoms. The van der Waals surface area contributed by atoms with E-state index in [1.165, 1.54) is 0 Å². The van der Waals surface area contributed by atoms with Crippen LogP contribution in [-0.4, -0.2) is 96.0 Å². The van der Waals surface area contributed by atoms with Gasteiger partial charge in [0, 0.05) is 22.9 Å². The van der Waals surface area contributed by atoms with E-state index in [1.807, 2.05) is 61.5 Å². The molecule has 3 aromatic carbocycles. The van der Waals surface area contributed by atoms with Gasteiger partial charge in [0.25, 0.3) is 5.56 Å². The predicted molar refractivity (Wildman–Crippen MR) is 275 cm³/mol. The number of carbonyl (C=O) groups is 7. The molecule has 0 bridgehead atoms. The number of nitrogens with one attached hydrogen (secondary N) is 4. The molecule has 0 radical (unpaired) electrons. The van der Waals surface area contributed by atoms with Gasteiger partial charge in [0.2, 0.25) is 23.3 Å². The van der Waals surface area contributed by atoms with Crippen molar-refractivity contribution in [2.75, 3.05) is 19.6 Å². The molecule has 2 atom stereocenters. The smallest absolute Gasteiger partial charge is 0.408 e. The number of rotatable bonds is 18. The van der Waals surface area contributed by atoms with Crippen LogP contribution in [0.25, 0.3) is 22.3 Å². The minimum atomic E-state index is -2.99. The maximum atomic E-state index is 14.5. The van der Waals surface area contributed by atoms with Crippen LogP contribution in [0.4, 0.5) is 4.79 Å². The number of pyridine rings is 2. The number of esters is 2. The Hall–Kier alpha value is -7.87. The molecule has 2 aliphatic heterocycles. The van der Waals surface area contributed by atoms with Crippen molar-refractivity contribution < 1.29 is 57.3 Å². The summed E-state index contributed by atoms with van der Waals surface area (Å²) in [4.78, 5) is 109. The van der Waals surface area contributed by atoms with E-state index >= 15 is 0 Å². The molecule has 19 nitrogen and oxygen atoms in total. The third-order valence-corrected chi connectivity index (χ3v) is 18.0. The lowest BCUT2D eigenvalue weighted by atomic mass is 9.85. The normalized spacial score (nSPS) is 15.3. The largest absolute Gasteiger partial charge is 0.534 e. The SMILES string of the molecule is CCc1c2c(nc3ccc(O[Si](c4ccccc4)(c4ccccc4)C(C)(C)C)cc13)-c1cc3c(c(=O)n1C2)COC(=O)[C@@]3(CC)OC(=O)CNC(=O)CCC(NC(=O)CNC(=O)OC(C)(C)C)C(=O)NCC(=O)O. The number of aromatic nitrogens is 2. The second-order valence-corrected chi connectivity index (χ2v) is 24.4. The Labute approximate surface area is 428 Å². The third kappa shape index (κ3) is 11.2. The molecule has 4 heterocycles. The van der Waals surface area contributed by atoms with Crippen LogP contribution in [0.15, 0.2) is 89.7 Å². The van der Waals surface area contributed by atoms with E-state index in [4.69, 9.17) is 28.7 Å². The van der Waals surface area contributed by atoms with Gasteiger partial charge in [-0.3, -0.25) is 28.8 Å². The number of carbonyl (C=O) groups excluding carboxylic acids is 6. The molecule has 20 heteroatoms. The van der Waals surface area contributed by atoms with Crippen molar-refractivity contribution in [3.8, 4) is 17.1 Å². The van der Waals surface area contributed by atoms with Crippen molar-refractivity contribution in [2.24, 2.45) is 0 Å². The topological polar surface area (TPSA) is 260 Å². The molecule has 0 saturated carbocycles. The highest BCUT2D eigenvalue weighted by molar-refractivity contribution is 7.00. The van der Waals surface area contributed by atoms with Crippen LogP contribution in [0.5, 0.6) is 5.75 Å². The van der Waals surface area contributed by atoms with Crippen molar-refractivity contribution >= 4 is 71.3 Å². The highest BCUT2D eigenvalue weighted by Crippen LogP contribution is 2.43. The van der Waals surface area contributed by atoms with Crippen molar-refractivity contribution in [3.05, 3.63) is 118 Å². The molecular formula is C54H62N6O13Si. The molecule has 4 amide bonds. The molecule has 2 aromatic heterocycles. The fraction of sp³-hybridized carbons (Fsp3) is 0.389. The van der Waals surface area contributed by atoms with Crippen LogP contribution in [0, 0.1) is 0 Å². The number of benzene rings is 3. The lowest BCUT2D eigenvalue weighted by Crippen LogP contribution is -2.68. The van der Waals surface area contributed by atoms with Gasteiger partial charge in [0.05, 0.1) is 29.0 Å². The standard InChI is InChI=1S/C54H62N6O13Si/c1-9-35-36-25-32(73-74(53(6,7)8,33-17-13-11-14-18-33)34-19-15-12-16-20-34)21-22-40(36)59-47-37(35)30-60-42(47)26-39-38(49(60)67)31-70-50(68)54(39,10-2)71-46(65)29-55-43(61)24-23-41(48(66)56-28-45(63)64)58-44(62)27-57-51(69)72-52(3,4)5/h11-22,25-26,41H,9-10,23-24,27-31H2,1-8H3,(H,55,61)(H,56,66)(H,57,69)(H,58,62)(H,63,64)/t41?,54-/m0/s1. The van der Waals surface area contributed by atoms with Gasteiger partial charge in [-0.25, -0.2) is 14.6 Å². The lowest BCUT2D eigenvalue weighted by Gasteiger charge is -2.43. The summed E-state index contributed by atoms with van der Waals surface area (Å²) in [7, 11) is -2.99. The fourth-order valence-electron chi connectivity index (χ4n) is 9.62. The van der Waals surface area contributed by atoms with Gasteiger partial charge in [-0.05, 0) is 85.3 Å². The van der Waals surface area contributed by atoms with Crippen molar-refractivity contribution in [2.45, 2.75) is 117 Å². The molecule has 7 rings (SSSR count). The number of ether oxygens (including phenoxy) is 3. The molecular weight excluding hydrogens is 969 g/mol. The van der Waals surface area contributed by atoms with Crippen LogP contribution < -0.4 is 41.6 Å². The van der Waals surface area contributed by atoms with Crippen LogP contribution >= 0.6 is 0 Å². The Morgan fingerprint density at radius 3 is 2.08 bits per heavy atom. The first kappa shape index (κ1) is 53.9. The summed E-state index contributed by atoms with van der Waals surface area (Å²) >= 11 is 0. The van der Waals surface area contributed by atoms with E-state index in [0.717, 1.165) is 26.9 Å². The van der Waals surface area contributed by atoms with Crippen LogP contribution in [-0.2, 0) is 68.2 Å². The number of aliphatic carboxylic acids is 1. The number of carboxylic acids is 1. The Balaban J connectivity index is 1.11. The molecule has 0 saturated heterocycles. The van der Waals surface area contributed by atoms with Gasteiger partial charge in [-0.1, -0.05) is 95.3 Å². The minimum Gasteiger partial charge on any atom is -0.534 e. The van der Waals surface area contributed by atoms with Gasteiger partial charge in [-0.2, -0.15) is 0 Å². The maximum absolute atomic E-state index is 14.5. The number of fused-ring (bicyclic) bond motifs is 5. The van der Waals surface area contributed by atoms with Crippen LogP contribution in [0.2, 0.25) is 5.04 Å². The number of cyclic esters (lactones) is 1. The summed E-state index contributed by atoms with van der Waals surface area (Å²) in [6, 6.07) is 26.8. The van der Waals surface area contributed by atoms with E-state index in [-0.39, 0.29) is 42.2 Å². The molecule has 0 fully saturated rings. The van der Waals surface area contributed by atoms with Gasteiger partial charge in [-0.15, -0.1) is 0 Å². The first-order valence-corrected chi connectivity index (χ1v) is 26.4. The van der Waals surface area contributed by atoms with Crippen molar-refractivity contribution in [1.29, 1.82) is 0 Å². The van der Waals surface area contributed by atoms with E-state index in [0.29, 0.717) is 29.1 Å². The van der Waals surface area contributed by atoms with Crippen LogP contribution in [0.1, 0.15) is 96.9 Å². The van der Waals surface area contributed by atoms with Crippen molar-refractivity contribution in [3.63, 3.8) is 0 Å². The van der Waals surface area contributed by atoms with Gasteiger partial charge in [0.1, 0.15) is 43.6 Å². The number of alkyl carbamates (subject to hydrolysis) is 1. The lowest BCUT2D eigenvalue weighted by molar-refractivity contribution is -0.189. The summed E-state index contributed by atoms with van der Waals surface area (Å²) < 4.78 is 25.5. The molecule has 5 N–H and O–H groups in total. The number of hydrogen-bond acceptors (Lipinski definition) is 13. The average molecular weight is 1030 g/mol. The Bertz CT molecular complexity index is 3040. The Morgan fingerprint density at radius 1 is 0.824 bits per heavy atom. The summed E-state index contributed by atoms with van der Waals surface area (Å²) in [6.45, 7) is 12.9. The zero-order valence-corrected chi connectivity index (χ0v) is 43.8. The Kier molecular flexibility index (Phi) is 15.8. The summed E-state index contributed by atoms with van der Waals surface area (Å²) in [6.07, 6.45) is -1.23. The second kappa shape index (κ2) is 21.7. The number of hydrogen-bond donors (Lipinski definition) is 5. The quantitative estimate of drug-likeness (QED) is 0.0459. The van der Waals surface area contributed by atoms with Gasteiger partial charge >= 0.3 is 32.3 Å². The highest BCUT2D eigenvalue weighted by atomic mass is 28.4. The fourth-order valence-corrected chi connectivity index (χ4v) is 14.0. The predicted octanol–water partition coefficient (Wildman–Crippen LogP) is 4.24. The molecule has 0 spiro atoms. The first-order valence-electron chi connectivity index (χ1n) is 24.5. The van der Waals surface area contributed by atoms with Gasteiger partial charge in [0.15, 0.2) is 0 Å². The van der Waals surface area contributed by atoms with Crippen molar-refractivity contribution in [1.82, 2.24) is 30.8 Å². The zero-order valence-electron chi connectivity index (χ0n) is 42.8. The van der Waals surface area contributed by atoms with E-state index < -0.39 is 98.9 Å². The monoisotopic (exact) mass is 1030 g/mol. The maximum Gasteiger partial charge on any atom is 0.408 e. The molecule has 5 aromatic rings. The van der Waals surface area contributed by atoms with Crippen LogP contribution in [0.3, 0.4) is 0 Å². The highest BCUT2D eigenvalue weighted by Gasteiger charge is 2.53. The zero-order chi connectivity index (χ0) is 53.8. The van der Waals surface area contributed by atoms with E-state index in [9.17, 15) is 38.4 Å². The minimum absolute atomic E-state index is 0.124. The molecule has 390 valence electrons. The second-order valence-electron chi connectivity index (χ2n) is 20.2. The van der Waals surface area contributed by atoms with E-state index in [2.05, 4.69) is 66.3 Å². The Morgan fingerprint density at radius 2 is 1.49 bits per heavy atom. The molecule has 0 aliphatic carbocycles. The average Bonchev–Trinajstić information content (AvgIpc) is 3.72. The van der Waals surface area contributed by atoms with Gasteiger partial charge < -0.3 is 49.6 Å². The summed E-state index contributed by atoms with van der Waals surface area (Å²) in [5.41, 5.74) is 0.344. The summed E-state index contributed by atoms with van der Waals surface area (Å²) in [5, 5.41) is 21.0.